The van der Waals surface area contributed by atoms with E-state index in [9.17, 15) is 13.6 Å². The number of carbonyl (C=O) groups excluding carboxylic acids is 1. The summed E-state index contributed by atoms with van der Waals surface area (Å²) in [5.41, 5.74) is -2.79. The third-order valence-corrected chi connectivity index (χ3v) is 6.93. The number of carbonyl (C=O) groups is 1. The van der Waals surface area contributed by atoms with Gasteiger partial charge in [-0.25, -0.2) is 0 Å². The van der Waals surface area contributed by atoms with Gasteiger partial charge < -0.3 is 9.05 Å². The Hall–Kier alpha value is -0.460. The van der Waals surface area contributed by atoms with E-state index in [1.807, 2.05) is 0 Å². The molecule has 3 nitrogen and oxygen atoms in total. The second-order valence-electron chi connectivity index (χ2n) is 4.25. The van der Waals surface area contributed by atoms with Gasteiger partial charge >= 0.3 is 5.66 Å². The third-order valence-electron chi connectivity index (χ3n) is 2.78. The molecule has 0 aliphatic rings. The van der Waals surface area contributed by atoms with Gasteiger partial charge in [-0.1, -0.05) is 6.07 Å². The topological polar surface area (TPSA) is 35.5 Å². The van der Waals surface area contributed by atoms with E-state index in [1.165, 1.54) is 0 Å². The molecule has 0 aliphatic carbocycles. The minimum absolute atomic E-state index is 0.140. The molecule has 0 aliphatic heterocycles. The van der Waals surface area contributed by atoms with Crippen molar-refractivity contribution in [3.8, 4) is 0 Å². The minimum Gasteiger partial charge on any atom is -0.330 e. The highest BCUT2D eigenvalue weighted by Gasteiger charge is 2.47. The quantitative estimate of drug-likeness (QED) is 0.420. The van der Waals surface area contributed by atoms with Gasteiger partial charge in [0.05, 0.1) is 18.1 Å². The molecule has 0 unspecified atom stereocenters. The van der Waals surface area contributed by atoms with Gasteiger partial charge in [-0.15, -0.1) is 11.3 Å². The van der Waals surface area contributed by atoms with Crippen LogP contribution in [0.4, 0.5) is 8.78 Å². The van der Waals surface area contributed by atoms with Crippen LogP contribution in [0.15, 0.2) is 22.7 Å². The van der Waals surface area contributed by atoms with E-state index >= 15 is 0 Å². The second-order valence-corrected chi connectivity index (χ2v) is 7.69. The number of alkyl halides is 2. The van der Waals surface area contributed by atoms with Gasteiger partial charge in [-0.2, -0.15) is 8.78 Å². The molecule has 0 radical (unpaired) electrons. The maximum absolute atomic E-state index is 14.8. The minimum atomic E-state index is -3.23. The summed E-state index contributed by atoms with van der Waals surface area (Å²) in [4.78, 5) is 10.7. The summed E-state index contributed by atoms with van der Waals surface area (Å²) in [6.45, 7) is 3.61. The van der Waals surface area contributed by atoms with Crippen molar-refractivity contribution in [2.24, 2.45) is 0 Å². The van der Waals surface area contributed by atoms with Crippen LogP contribution in [-0.2, 0) is 14.7 Å². The summed E-state index contributed by atoms with van der Waals surface area (Å²) in [6.07, 6.45) is 0.689. The smallest absolute Gasteiger partial charge is 0.330 e. The molecule has 0 saturated heterocycles. The Morgan fingerprint density at radius 2 is 1.95 bits per heavy atom. The molecule has 0 bridgehead atoms. The van der Waals surface area contributed by atoms with E-state index in [0.29, 0.717) is 21.9 Å². The van der Waals surface area contributed by atoms with E-state index in [0.717, 1.165) is 11.3 Å². The number of fused-ring (bicyclic) bond motifs is 1. The highest BCUT2D eigenvalue weighted by atomic mass is 79.9. The van der Waals surface area contributed by atoms with Crippen molar-refractivity contribution >= 4 is 52.0 Å². The van der Waals surface area contributed by atoms with E-state index in [-0.39, 0.29) is 22.6 Å². The van der Waals surface area contributed by atoms with Crippen molar-refractivity contribution in [1.82, 2.24) is 0 Å². The predicted molar refractivity (Wildman–Crippen MR) is 89.0 cm³/mol. The van der Waals surface area contributed by atoms with Crippen molar-refractivity contribution in [3.63, 3.8) is 0 Å². The van der Waals surface area contributed by atoms with Gasteiger partial charge in [0.15, 0.2) is 0 Å². The van der Waals surface area contributed by atoms with Crippen LogP contribution in [0, 0.1) is 0 Å². The number of halogens is 3. The molecule has 0 atom stereocenters. The highest BCUT2D eigenvalue weighted by Crippen LogP contribution is 2.63. The number of benzene rings is 1. The average Bonchev–Trinajstić information content (AvgIpc) is 2.84. The van der Waals surface area contributed by atoms with Crippen LogP contribution >= 0.6 is 35.6 Å². The van der Waals surface area contributed by atoms with Crippen molar-refractivity contribution < 1.29 is 22.6 Å². The van der Waals surface area contributed by atoms with Gasteiger partial charge in [0.1, 0.15) is 6.29 Å². The summed E-state index contributed by atoms with van der Waals surface area (Å²) in [7, 11) is -2.37. The summed E-state index contributed by atoms with van der Waals surface area (Å²) in [5.74, 6) is 0. The molecule has 2 aromatic rings. The number of hydrogen-bond acceptors (Lipinski definition) is 4. The molecule has 8 heteroatoms. The largest absolute Gasteiger partial charge is 0.349 e. The monoisotopic (exact) mass is 410 g/mol. The van der Waals surface area contributed by atoms with Crippen LogP contribution in [0.25, 0.3) is 10.1 Å². The van der Waals surface area contributed by atoms with Gasteiger partial charge in [0.25, 0.3) is 8.38 Å². The van der Waals surface area contributed by atoms with Crippen LogP contribution < -0.4 is 0 Å². The van der Waals surface area contributed by atoms with E-state index in [2.05, 4.69) is 15.9 Å². The van der Waals surface area contributed by atoms with Crippen LogP contribution in [0.3, 0.4) is 0 Å². The molecule has 1 aromatic carbocycles. The lowest BCUT2D eigenvalue weighted by Crippen LogP contribution is -2.13. The zero-order valence-electron chi connectivity index (χ0n) is 11.9. The Bertz CT molecular complexity index is 671. The number of rotatable bonds is 7. The number of thiophene rings is 1. The molecular formula is C14H14BrF2O3PS. The first-order valence-electron chi connectivity index (χ1n) is 6.57. The SMILES string of the molecule is CCOP(OCC)C(F)(F)c1sc2ccc(C=O)cc2c1Br. The Kier molecular flexibility index (Phi) is 6.02. The average molecular weight is 411 g/mol. The lowest BCUT2D eigenvalue weighted by molar-refractivity contribution is 0.0600. The fraction of sp³-hybridized carbons (Fsp3) is 0.357. The summed E-state index contributed by atoms with van der Waals surface area (Å²) in [6, 6.07) is 4.86. The Labute approximate surface area is 140 Å². The molecule has 0 amide bonds. The van der Waals surface area contributed by atoms with E-state index in [4.69, 9.17) is 9.05 Å². The fourth-order valence-electron chi connectivity index (χ4n) is 1.87. The molecule has 0 fully saturated rings. The maximum Gasteiger partial charge on any atom is 0.349 e. The summed E-state index contributed by atoms with van der Waals surface area (Å²) in [5, 5.41) is 0.590. The standard InChI is InChI=1S/C14H14BrF2O3PS/c1-3-19-21(20-4-2)14(16,17)13-12(15)10-7-9(8-18)5-6-11(10)22-13/h5-8H,3-4H2,1-2H3. The van der Waals surface area contributed by atoms with Gasteiger partial charge in [-0.05, 0) is 41.9 Å². The van der Waals surface area contributed by atoms with Crippen LogP contribution in [-0.4, -0.2) is 19.5 Å². The molecule has 0 spiro atoms. The molecule has 2 rings (SSSR count). The van der Waals surface area contributed by atoms with Crippen molar-refractivity contribution in [3.05, 3.63) is 33.1 Å². The first kappa shape index (κ1) is 17.9. The van der Waals surface area contributed by atoms with Crippen molar-refractivity contribution in [1.29, 1.82) is 0 Å². The van der Waals surface area contributed by atoms with Gasteiger partial charge in [0, 0.05) is 20.1 Å². The van der Waals surface area contributed by atoms with Gasteiger partial charge in [0.2, 0.25) is 0 Å². The zero-order chi connectivity index (χ0) is 16.3. The lowest BCUT2D eigenvalue weighted by atomic mass is 10.2. The molecule has 1 aromatic heterocycles. The third kappa shape index (κ3) is 3.39. The van der Waals surface area contributed by atoms with Crippen LogP contribution in [0.1, 0.15) is 29.1 Å². The summed E-state index contributed by atoms with van der Waals surface area (Å²) < 4.78 is 40.7. The Balaban J connectivity index is 2.51. The molecule has 22 heavy (non-hydrogen) atoms. The first-order chi connectivity index (χ1) is 10.5. The van der Waals surface area contributed by atoms with Gasteiger partial charge in [-0.3, -0.25) is 4.79 Å². The van der Waals surface area contributed by atoms with E-state index in [1.54, 1.807) is 32.0 Å². The summed E-state index contributed by atoms with van der Waals surface area (Å²) >= 11 is 4.21. The normalized spacial score (nSPS) is 12.3. The lowest BCUT2D eigenvalue weighted by Gasteiger charge is -2.24. The Morgan fingerprint density at radius 1 is 1.32 bits per heavy atom. The molecule has 120 valence electrons. The van der Waals surface area contributed by atoms with E-state index < -0.39 is 14.0 Å². The molecule has 0 N–H and O–H groups in total. The predicted octanol–water partition coefficient (Wildman–Crippen LogP) is 5.91. The Morgan fingerprint density at radius 3 is 2.50 bits per heavy atom. The highest BCUT2D eigenvalue weighted by molar-refractivity contribution is 9.10. The zero-order valence-corrected chi connectivity index (χ0v) is 15.2. The fourth-order valence-corrected chi connectivity index (χ4v) is 5.43. The maximum atomic E-state index is 14.8. The van der Waals surface area contributed by atoms with Crippen LogP contribution in [0.5, 0.6) is 0 Å². The van der Waals surface area contributed by atoms with Crippen molar-refractivity contribution in [2.45, 2.75) is 19.5 Å². The second kappa shape index (κ2) is 7.41. The van der Waals surface area contributed by atoms with Crippen molar-refractivity contribution in [2.75, 3.05) is 13.2 Å². The molecular weight excluding hydrogens is 397 g/mol. The number of aldehydes is 1. The first-order valence-corrected chi connectivity index (χ1v) is 9.35. The number of hydrogen-bond donors (Lipinski definition) is 0. The molecule has 1 heterocycles. The van der Waals surface area contributed by atoms with Crippen LogP contribution in [0.2, 0.25) is 0 Å². The molecule has 0 saturated carbocycles.